The molecule has 174 valence electrons. The minimum atomic E-state index is -0.979. The summed E-state index contributed by atoms with van der Waals surface area (Å²) in [5, 5.41) is 22.1. The lowest BCUT2D eigenvalue weighted by molar-refractivity contribution is -0.384. The van der Waals surface area contributed by atoms with Crippen molar-refractivity contribution < 1.29 is 24.0 Å². The molecule has 1 N–H and O–H groups in total. The predicted octanol–water partition coefficient (Wildman–Crippen LogP) is 3.75. The number of aliphatic hydroxyl groups is 1. The zero-order chi connectivity index (χ0) is 24.4. The molecule has 9 nitrogen and oxygen atoms in total. The third-order valence-corrected chi connectivity index (χ3v) is 5.78. The molecule has 2 aromatic carbocycles. The number of nitro benzene ring substituents is 1. The number of hydrogen-bond donors (Lipinski definition) is 1. The second-order valence-electron chi connectivity index (χ2n) is 7.96. The molecule has 1 aliphatic rings. The highest BCUT2D eigenvalue weighted by molar-refractivity contribution is 6.46. The van der Waals surface area contributed by atoms with E-state index in [1.807, 2.05) is 4.57 Å². The lowest BCUT2D eigenvalue weighted by atomic mass is 9.94. The van der Waals surface area contributed by atoms with Gasteiger partial charge in [0.05, 0.1) is 22.9 Å². The number of likely N-dealkylation sites (tertiary alicyclic amines) is 1. The third kappa shape index (κ3) is 4.29. The first kappa shape index (κ1) is 22.8. The van der Waals surface area contributed by atoms with E-state index in [0.29, 0.717) is 24.1 Å². The normalized spacial score (nSPS) is 17.4. The largest absolute Gasteiger partial charge is 0.507 e. The van der Waals surface area contributed by atoms with Gasteiger partial charge in [-0.2, -0.15) is 0 Å². The molecule has 1 fully saturated rings. The van der Waals surface area contributed by atoms with Crippen molar-refractivity contribution in [2.45, 2.75) is 25.9 Å². The zero-order valence-electron chi connectivity index (χ0n) is 18.2. The maximum Gasteiger partial charge on any atom is 0.295 e. The van der Waals surface area contributed by atoms with E-state index in [1.165, 1.54) is 41.3 Å². The van der Waals surface area contributed by atoms with E-state index in [-0.39, 0.29) is 23.4 Å². The maximum atomic E-state index is 14.2. The van der Waals surface area contributed by atoms with Gasteiger partial charge in [0.2, 0.25) is 0 Å². The first-order valence-electron chi connectivity index (χ1n) is 10.5. The molecule has 0 saturated carbocycles. The second kappa shape index (κ2) is 9.26. The Balaban J connectivity index is 1.76. The van der Waals surface area contributed by atoms with Crippen molar-refractivity contribution in [3.05, 3.63) is 99.4 Å². The summed E-state index contributed by atoms with van der Waals surface area (Å²) in [6, 6.07) is 8.48. The van der Waals surface area contributed by atoms with E-state index in [9.17, 15) is 29.2 Å². The molecule has 3 aromatic rings. The minimum Gasteiger partial charge on any atom is -0.507 e. The Morgan fingerprint density at radius 1 is 1.18 bits per heavy atom. The fourth-order valence-corrected chi connectivity index (χ4v) is 3.97. The number of nitro groups is 1. The summed E-state index contributed by atoms with van der Waals surface area (Å²) in [7, 11) is 0. The lowest BCUT2D eigenvalue weighted by Crippen LogP contribution is -2.31. The van der Waals surface area contributed by atoms with Gasteiger partial charge in [0.25, 0.3) is 17.4 Å². The zero-order valence-corrected chi connectivity index (χ0v) is 18.2. The highest BCUT2D eigenvalue weighted by Gasteiger charge is 2.45. The van der Waals surface area contributed by atoms with Gasteiger partial charge < -0.3 is 14.6 Å². The smallest absolute Gasteiger partial charge is 0.295 e. The number of aromatic nitrogens is 2. The maximum absolute atomic E-state index is 14.2. The van der Waals surface area contributed by atoms with Crippen molar-refractivity contribution in [1.82, 2.24) is 14.5 Å². The van der Waals surface area contributed by atoms with Gasteiger partial charge in [-0.1, -0.05) is 12.1 Å². The number of carbonyl (C=O) groups excluding carboxylic acids is 2. The topological polar surface area (TPSA) is 119 Å². The summed E-state index contributed by atoms with van der Waals surface area (Å²) in [5.41, 5.74) is 0.502. The van der Waals surface area contributed by atoms with Crippen LogP contribution < -0.4 is 0 Å². The quantitative estimate of drug-likeness (QED) is 0.187. The number of aryl methyl sites for hydroxylation is 2. The highest BCUT2D eigenvalue weighted by Crippen LogP contribution is 2.40. The van der Waals surface area contributed by atoms with Crippen molar-refractivity contribution in [2.24, 2.45) is 0 Å². The van der Waals surface area contributed by atoms with Gasteiger partial charge in [0.15, 0.2) is 0 Å². The summed E-state index contributed by atoms with van der Waals surface area (Å²) in [5.74, 6) is -2.77. The summed E-state index contributed by atoms with van der Waals surface area (Å²) in [6.07, 6.45) is 5.53. The molecule has 0 unspecified atom stereocenters. The Bertz CT molecular complexity index is 1290. The average Bonchev–Trinajstić information content (AvgIpc) is 3.43. The number of Topliss-reactive ketones (excluding diaryl/α,β-unsaturated/α-hetero) is 1. The van der Waals surface area contributed by atoms with Crippen LogP contribution in [0.2, 0.25) is 0 Å². The Hall–Kier alpha value is -4.34. The van der Waals surface area contributed by atoms with Gasteiger partial charge in [-0.3, -0.25) is 19.7 Å². The monoisotopic (exact) mass is 464 g/mol. The van der Waals surface area contributed by atoms with E-state index in [2.05, 4.69) is 4.98 Å². The van der Waals surface area contributed by atoms with Crippen molar-refractivity contribution in [3.63, 3.8) is 0 Å². The highest BCUT2D eigenvalue weighted by atomic mass is 19.1. The van der Waals surface area contributed by atoms with E-state index < -0.39 is 34.2 Å². The van der Waals surface area contributed by atoms with Gasteiger partial charge in [-0.25, -0.2) is 9.37 Å². The number of non-ortho nitro benzene ring substituents is 1. The predicted molar refractivity (Wildman–Crippen MR) is 120 cm³/mol. The molecule has 0 aliphatic carbocycles. The summed E-state index contributed by atoms with van der Waals surface area (Å²) in [6.45, 7) is 2.29. The van der Waals surface area contributed by atoms with Crippen LogP contribution in [0.1, 0.15) is 29.2 Å². The standard InChI is InChI=1S/C24H21FN4O5/c1-15-3-4-17(13-19(15)25)22(30)20-21(16-5-7-18(8-6-16)29(33)34)28(24(32)23(20)31)11-2-10-27-12-9-26-14-27/h3-9,12-14,21,30H,2,10-11H2,1H3/t21-/m0/s1. The lowest BCUT2D eigenvalue weighted by Gasteiger charge is -2.25. The van der Waals surface area contributed by atoms with Crippen molar-refractivity contribution in [3.8, 4) is 0 Å². The molecular formula is C24H21FN4O5. The van der Waals surface area contributed by atoms with Gasteiger partial charge >= 0.3 is 0 Å². The van der Waals surface area contributed by atoms with Crippen LogP contribution in [0.15, 0.2) is 66.8 Å². The Labute approximate surface area is 193 Å². The van der Waals surface area contributed by atoms with E-state index >= 15 is 0 Å². The van der Waals surface area contributed by atoms with Crippen LogP contribution in [0.25, 0.3) is 5.76 Å². The van der Waals surface area contributed by atoms with Crippen LogP contribution >= 0.6 is 0 Å². The number of aliphatic hydroxyl groups excluding tert-OH is 1. The van der Waals surface area contributed by atoms with Crippen LogP contribution in [0, 0.1) is 22.9 Å². The Morgan fingerprint density at radius 2 is 1.91 bits per heavy atom. The number of nitrogens with zero attached hydrogens (tertiary/aromatic N) is 4. The summed E-state index contributed by atoms with van der Waals surface area (Å²) >= 11 is 0. The van der Waals surface area contributed by atoms with Gasteiger partial charge in [-0.05, 0) is 42.7 Å². The minimum absolute atomic E-state index is 0.0615. The van der Waals surface area contributed by atoms with Gasteiger partial charge in [0, 0.05) is 43.2 Å². The number of halogens is 1. The first-order valence-corrected chi connectivity index (χ1v) is 10.5. The number of imidazole rings is 1. The molecule has 0 bridgehead atoms. The first-order chi connectivity index (χ1) is 16.3. The number of benzene rings is 2. The second-order valence-corrected chi connectivity index (χ2v) is 7.96. The van der Waals surface area contributed by atoms with Crippen molar-refractivity contribution in [2.75, 3.05) is 6.54 Å². The molecule has 0 radical (unpaired) electrons. The Morgan fingerprint density at radius 3 is 2.53 bits per heavy atom. The fourth-order valence-electron chi connectivity index (χ4n) is 3.97. The number of carbonyl (C=O) groups is 2. The van der Waals surface area contributed by atoms with Gasteiger partial charge in [-0.15, -0.1) is 0 Å². The SMILES string of the molecule is Cc1ccc(C(O)=C2C(=O)C(=O)N(CCCn3ccnc3)[C@H]2c2ccc([N+](=O)[O-])cc2)cc1F. The Kier molecular flexibility index (Phi) is 6.22. The molecule has 1 atom stereocenters. The number of ketones is 1. The number of hydrogen-bond acceptors (Lipinski definition) is 6. The van der Waals surface area contributed by atoms with E-state index in [1.54, 1.807) is 25.6 Å². The van der Waals surface area contributed by atoms with Crippen molar-refractivity contribution >= 4 is 23.1 Å². The summed E-state index contributed by atoms with van der Waals surface area (Å²) < 4.78 is 16.0. The average molecular weight is 464 g/mol. The molecule has 10 heteroatoms. The van der Waals surface area contributed by atoms with Crippen LogP contribution in [0.4, 0.5) is 10.1 Å². The van der Waals surface area contributed by atoms with Crippen LogP contribution in [-0.2, 0) is 16.1 Å². The van der Waals surface area contributed by atoms with E-state index in [4.69, 9.17) is 0 Å². The molecule has 1 aliphatic heterocycles. The third-order valence-electron chi connectivity index (χ3n) is 5.78. The van der Waals surface area contributed by atoms with Crippen LogP contribution in [0.3, 0.4) is 0 Å². The molecule has 1 amide bonds. The molecule has 1 aromatic heterocycles. The van der Waals surface area contributed by atoms with Gasteiger partial charge in [0.1, 0.15) is 11.6 Å². The molecule has 34 heavy (non-hydrogen) atoms. The fraction of sp³-hybridized carbons (Fsp3) is 0.208. The van der Waals surface area contributed by atoms with E-state index in [0.717, 1.165) is 6.07 Å². The molecule has 4 rings (SSSR count). The molecular weight excluding hydrogens is 443 g/mol. The van der Waals surface area contributed by atoms with Crippen LogP contribution in [0.5, 0.6) is 0 Å². The van der Waals surface area contributed by atoms with Crippen molar-refractivity contribution in [1.29, 1.82) is 0 Å². The van der Waals surface area contributed by atoms with Crippen LogP contribution in [-0.4, -0.2) is 42.7 Å². The summed E-state index contributed by atoms with van der Waals surface area (Å²) in [4.78, 5) is 41.8. The molecule has 1 saturated heterocycles. The number of amides is 1. The number of rotatable bonds is 7. The molecule has 2 heterocycles. The molecule has 0 spiro atoms.